The lowest BCUT2D eigenvalue weighted by Gasteiger charge is -2.12. The van der Waals surface area contributed by atoms with E-state index >= 15 is 0 Å². The van der Waals surface area contributed by atoms with E-state index in [-0.39, 0.29) is 22.2 Å². The SMILES string of the molecule is COCC(C)NS(=O)(=O)c1cc(CN)oc1Br. The summed E-state index contributed by atoms with van der Waals surface area (Å²) in [6.45, 7) is 2.14. The molecule has 0 spiro atoms. The summed E-state index contributed by atoms with van der Waals surface area (Å²) in [7, 11) is -2.12. The average Bonchev–Trinajstić information content (AvgIpc) is 2.60. The smallest absolute Gasteiger partial charge is 0.245 e. The molecule has 0 radical (unpaired) electrons. The van der Waals surface area contributed by atoms with E-state index < -0.39 is 10.0 Å². The van der Waals surface area contributed by atoms with Crippen molar-refractivity contribution in [3.63, 3.8) is 0 Å². The van der Waals surface area contributed by atoms with Crippen LogP contribution in [0.5, 0.6) is 0 Å². The van der Waals surface area contributed by atoms with Crippen molar-refractivity contribution in [2.75, 3.05) is 13.7 Å². The van der Waals surface area contributed by atoms with Crippen LogP contribution in [-0.2, 0) is 21.3 Å². The van der Waals surface area contributed by atoms with Crippen LogP contribution in [0, 0.1) is 0 Å². The molecule has 0 amide bonds. The Balaban J connectivity index is 2.92. The average molecular weight is 327 g/mol. The number of halogens is 1. The number of methoxy groups -OCH3 is 1. The summed E-state index contributed by atoms with van der Waals surface area (Å²) < 4.78 is 36.5. The number of rotatable bonds is 6. The topological polar surface area (TPSA) is 94.6 Å². The highest BCUT2D eigenvalue weighted by Gasteiger charge is 2.23. The van der Waals surface area contributed by atoms with Crippen LogP contribution in [0.4, 0.5) is 0 Å². The molecule has 17 heavy (non-hydrogen) atoms. The predicted octanol–water partition coefficient (Wildman–Crippen LogP) is 0.814. The second-order valence-electron chi connectivity index (χ2n) is 3.53. The fourth-order valence-electron chi connectivity index (χ4n) is 1.29. The van der Waals surface area contributed by atoms with Gasteiger partial charge in [0.15, 0.2) is 4.67 Å². The molecule has 0 aliphatic heterocycles. The highest BCUT2D eigenvalue weighted by Crippen LogP contribution is 2.25. The summed E-state index contributed by atoms with van der Waals surface area (Å²) in [5.74, 6) is 0.400. The van der Waals surface area contributed by atoms with Gasteiger partial charge in [-0.2, -0.15) is 0 Å². The first kappa shape index (κ1) is 14.7. The van der Waals surface area contributed by atoms with Gasteiger partial charge in [0.2, 0.25) is 10.0 Å². The van der Waals surface area contributed by atoms with Gasteiger partial charge in [-0.05, 0) is 22.9 Å². The van der Waals surface area contributed by atoms with Crippen LogP contribution in [0.25, 0.3) is 0 Å². The molecule has 8 heteroatoms. The van der Waals surface area contributed by atoms with Crippen molar-refractivity contribution in [3.05, 3.63) is 16.5 Å². The van der Waals surface area contributed by atoms with Gasteiger partial charge in [-0.1, -0.05) is 0 Å². The van der Waals surface area contributed by atoms with Gasteiger partial charge in [-0.25, -0.2) is 13.1 Å². The third kappa shape index (κ3) is 3.78. The van der Waals surface area contributed by atoms with Gasteiger partial charge in [-0.15, -0.1) is 0 Å². The zero-order chi connectivity index (χ0) is 13.1. The van der Waals surface area contributed by atoms with E-state index in [2.05, 4.69) is 20.7 Å². The van der Waals surface area contributed by atoms with Crippen LogP contribution < -0.4 is 10.5 Å². The zero-order valence-electron chi connectivity index (χ0n) is 9.57. The molecular formula is C9H15BrN2O4S. The van der Waals surface area contributed by atoms with E-state index in [1.165, 1.54) is 13.2 Å². The van der Waals surface area contributed by atoms with Crippen molar-refractivity contribution in [1.29, 1.82) is 0 Å². The van der Waals surface area contributed by atoms with Crippen LogP contribution in [0.2, 0.25) is 0 Å². The fourth-order valence-corrected chi connectivity index (χ4v) is 3.52. The molecule has 0 bridgehead atoms. The van der Waals surface area contributed by atoms with Crippen molar-refractivity contribution < 1.29 is 17.6 Å². The Labute approximate surface area is 109 Å². The number of ether oxygens (including phenoxy) is 1. The summed E-state index contributed by atoms with van der Waals surface area (Å²) in [5.41, 5.74) is 5.37. The quantitative estimate of drug-likeness (QED) is 0.806. The molecule has 98 valence electrons. The van der Waals surface area contributed by atoms with Crippen LogP contribution in [0.15, 0.2) is 20.0 Å². The summed E-state index contributed by atoms with van der Waals surface area (Å²) in [5, 5.41) is 0. The molecule has 3 N–H and O–H groups in total. The van der Waals surface area contributed by atoms with E-state index in [1.807, 2.05) is 0 Å². The Morgan fingerprint density at radius 2 is 2.29 bits per heavy atom. The Bertz CT molecular complexity index is 471. The van der Waals surface area contributed by atoms with E-state index in [4.69, 9.17) is 14.9 Å². The molecule has 1 rings (SSSR count). The van der Waals surface area contributed by atoms with Gasteiger partial charge in [0, 0.05) is 19.2 Å². The fraction of sp³-hybridized carbons (Fsp3) is 0.556. The summed E-state index contributed by atoms with van der Waals surface area (Å²) in [4.78, 5) is 0.0425. The van der Waals surface area contributed by atoms with Gasteiger partial charge in [0.25, 0.3) is 0 Å². The number of nitrogens with one attached hydrogen (secondary N) is 1. The van der Waals surface area contributed by atoms with E-state index in [9.17, 15) is 8.42 Å². The molecule has 0 saturated heterocycles. The van der Waals surface area contributed by atoms with Gasteiger partial charge in [-0.3, -0.25) is 0 Å². The lowest BCUT2D eigenvalue weighted by molar-refractivity contribution is 0.180. The van der Waals surface area contributed by atoms with E-state index in [1.54, 1.807) is 6.92 Å². The largest absolute Gasteiger partial charge is 0.452 e. The highest BCUT2D eigenvalue weighted by molar-refractivity contribution is 9.10. The minimum Gasteiger partial charge on any atom is -0.452 e. The first-order chi connectivity index (χ1) is 7.90. The molecule has 6 nitrogen and oxygen atoms in total. The highest BCUT2D eigenvalue weighted by atomic mass is 79.9. The third-order valence-electron chi connectivity index (χ3n) is 1.97. The maximum absolute atomic E-state index is 12.0. The second kappa shape index (κ2) is 5.96. The molecule has 1 aromatic heterocycles. The molecule has 0 aliphatic rings. The normalized spacial score (nSPS) is 13.9. The molecule has 0 saturated carbocycles. The summed E-state index contributed by atoms with van der Waals surface area (Å²) in [6, 6.07) is 1.07. The van der Waals surface area contributed by atoms with E-state index in [0.29, 0.717) is 12.4 Å². The van der Waals surface area contributed by atoms with Crippen LogP contribution in [0.1, 0.15) is 12.7 Å². The number of sulfonamides is 1. The molecule has 1 atom stereocenters. The molecule has 0 fully saturated rings. The van der Waals surface area contributed by atoms with Crippen molar-refractivity contribution >= 4 is 26.0 Å². The minimum atomic E-state index is -3.63. The van der Waals surface area contributed by atoms with Gasteiger partial charge in [0.05, 0.1) is 13.2 Å². The third-order valence-corrected chi connectivity index (χ3v) is 4.42. The minimum absolute atomic E-state index is 0.0425. The van der Waals surface area contributed by atoms with Crippen molar-refractivity contribution in [1.82, 2.24) is 4.72 Å². The monoisotopic (exact) mass is 326 g/mol. The molecular weight excluding hydrogens is 312 g/mol. The molecule has 0 aromatic carbocycles. The number of hydrogen-bond acceptors (Lipinski definition) is 5. The number of hydrogen-bond donors (Lipinski definition) is 2. The summed E-state index contributed by atoms with van der Waals surface area (Å²) in [6.07, 6.45) is 0. The number of furan rings is 1. The van der Waals surface area contributed by atoms with Crippen molar-refractivity contribution in [2.45, 2.75) is 24.4 Å². The second-order valence-corrected chi connectivity index (χ2v) is 5.94. The molecule has 1 unspecified atom stereocenters. The lowest BCUT2D eigenvalue weighted by Crippen LogP contribution is -2.35. The number of nitrogens with two attached hydrogens (primary N) is 1. The van der Waals surface area contributed by atoms with Crippen LogP contribution in [0.3, 0.4) is 0 Å². The van der Waals surface area contributed by atoms with Gasteiger partial charge < -0.3 is 14.9 Å². The first-order valence-electron chi connectivity index (χ1n) is 4.90. The van der Waals surface area contributed by atoms with E-state index in [0.717, 1.165) is 0 Å². The lowest BCUT2D eigenvalue weighted by atomic mass is 10.4. The Morgan fingerprint density at radius 1 is 1.65 bits per heavy atom. The maximum atomic E-state index is 12.0. The molecule has 1 heterocycles. The predicted molar refractivity (Wildman–Crippen MR) is 66.0 cm³/mol. The Hall–Kier alpha value is -0.410. The Kier molecular flexibility index (Phi) is 5.14. The van der Waals surface area contributed by atoms with Crippen LogP contribution >= 0.6 is 15.9 Å². The zero-order valence-corrected chi connectivity index (χ0v) is 12.0. The summed E-state index contributed by atoms with van der Waals surface area (Å²) >= 11 is 3.05. The van der Waals surface area contributed by atoms with Gasteiger partial charge in [0.1, 0.15) is 10.7 Å². The van der Waals surface area contributed by atoms with Crippen molar-refractivity contribution in [2.24, 2.45) is 5.73 Å². The van der Waals surface area contributed by atoms with Crippen molar-refractivity contribution in [3.8, 4) is 0 Å². The Morgan fingerprint density at radius 3 is 2.76 bits per heavy atom. The standard InChI is InChI=1S/C9H15BrN2O4S/c1-6(5-15-2)12-17(13,14)8-3-7(4-11)16-9(8)10/h3,6,12H,4-5,11H2,1-2H3. The molecule has 1 aromatic rings. The molecule has 0 aliphatic carbocycles. The van der Waals surface area contributed by atoms with Crippen LogP contribution in [-0.4, -0.2) is 28.2 Å². The maximum Gasteiger partial charge on any atom is 0.245 e. The van der Waals surface area contributed by atoms with Gasteiger partial charge >= 0.3 is 0 Å². The first-order valence-corrected chi connectivity index (χ1v) is 7.18.